The van der Waals surface area contributed by atoms with E-state index in [4.69, 9.17) is 0 Å². The summed E-state index contributed by atoms with van der Waals surface area (Å²) in [6, 6.07) is 11.1. The lowest BCUT2D eigenvalue weighted by Crippen LogP contribution is -2.23. The molecule has 3 aromatic heterocycles. The normalized spacial score (nSPS) is 13.2. The van der Waals surface area contributed by atoms with Crippen molar-refractivity contribution in [1.82, 2.24) is 24.5 Å². The SMILES string of the molecule is O=C(NCc1ccncc1)c1ccc(Cn2ccn3nc4c(c3c2=O)CCCC4)cc1. The highest BCUT2D eigenvalue weighted by molar-refractivity contribution is 5.94. The Morgan fingerprint density at radius 2 is 1.74 bits per heavy atom. The van der Waals surface area contributed by atoms with Gasteiger partial charge in [-0.25, -0.2) is 4.52 Å². The van der Waals surface area contributed by atoms with Gasteiger partial charge in [0.15, 0.2) is 0 Å². The van der Waals surface area contributed by atoms with E-state index in [1.165, 1.54) is 0 Å². The molecule has 1 aliphatic rings. The van der Waals surface area contributed by atoms with E-state index in [0.29, 0.717) is 24.2 Å². The van der Waals surface area contributed by atoms with Crippen molar-refractivity contribution in [3.63, 3.8) is 0 Å². The summed E-state index contributed by atoms with van der Waals surface area (Å²) in [7, 11) is 0. The van der Waals surface area contributed by atoms with Crippen molar-refractivity contribution in [2.45, 2.75) is 38.8 Å². The number of carbonyl (C=O) groups is 1. The topological polar surface area (TPSA) is 81.3 Å². The average Bonchev–Trinajstić information content (AvgIpc) is 3.20. The van der Waals surface area contributed by atoms with Crippen LogP contribution in [0.3, 0.4) is 0 Å². The van der Waals surface area contributed by atoms with Crippen molar-refractivity contribution in [2.24, 2.45) is 0 Å². The first-order chi connectivity index (χ1) is 15.2. The lowest BCUT2D eigenvalue weighted by molar-refractivity contribution is 0.0951. The second-order valence-corrected chi connectivity index (χ2v) is 7.89. The van der Waals surface area contributed by atoms with Crippen LogP contribution < -0.4 is 10.9 Å². The first kappa shape index (κ1) is 19.2. The lowest BCUT2D eigenvalue weighted by atomic mass is 9.97. The summed E-state index contributed by atoms with van der Waals surface area (Å²) in [4.78, 5) is 29.5. The zero-order valence-electron chi connectivity index (χ0n) is 17.1. The van der Waals surface area contributed by atoms with Crippen molar-refractivity contribution < 1.29 is 4.79 Å². The number of nitrogens with zero attached hydrogens (tertiary/aromatic N) is 4. The minimum absolute atomic E-state index is 0.0164. The summed E-state index contributed by atoms with van der Waals surface area (Å²) in [5.41, 5.74) is 5.39. The van der Waals surface area contributed by atoms with Gasteiger partial charge < -0.3 is 9.88 Å². The van der Waals surface area contributed by atoms with Crippen molar-refractivity contribution in [3.05, 3.63) is 99.5 Å². The summed E-state index contributed by atoms with van der Waals surface area (Å²) in [6.07, 6.45) is 11.1. The monoisotopic (exact) mass is 413 g/mol. The molecule has 7 heteroatoms. The third-order valence-corrected chi connectivity index (χ3v) is 5.80. The van der Waals surface area contributed by atoms with Crippen LogP contribution in [0.15, 0.2) is 66.0 Å². The molecule has 0 fully saturated rings. The molecule has 4 aromatic rings. The van der Waals surface area contributed by atoms with Crippen LogP contribution in [0.1, 0.15) is 45.6 Å². The summed E-state index contributed by atoms with van der Waals surface area (Å²) in [6.45, 7) is 0.905. The Labute approximate surface area is 179 Å². The van der Waals surface area contributed by atoms with Crippen LogP contribution in [0, 0.1) is 0 Å². The maximum atomic E-state index is 13.1. The molecule has 0 spiro atoms. The van der Waals surface area contributed by atoms with Crippen molar-refractivity contribution in [1.29, 1.82) is 0 Å². The number of rotatable bonds is 5. The molecule has 7 nitrogen and oxygen atoms in total. The molecule has 0 saturated carbocycles. The second-order valence-electron chi connectivity index (χ2n) is 7.89. The number of benzene rings is 1. The molecule has 31 heavy (non-hydrogen) atoms. The molecule has 5 rings (SSSR count). The fourth-order valence-electron chi connectivity index (χ4n) is 4.12. The van der Waals surface area contributed by atoms with Crippen LogP contribution in [0.2, 0.25) is 0 Å². The highest BCUT2D eigenvalue weighted by Crippen LogP contribution is 2.22. The van der Waals surface area contributed by atoms with E-state index in [9.17, 15) is 9.59 Å². The second kappa shape index (κ2) is 8.18. The van der Waals surface area contributed by atoms with Crippen LogP contribution >= 0.6 is 0 Å². The Hall–Kier alpha value is -3.74. The molecule has 0 radical (unpaired) electrons. The minimum Gasteiger partial charge on any atom is -0.348 e. The predicted molar refractivity (Wildman–Crippen MR) is 117 cm³/mol. The highest BCUT2D eigenvalue weighted by Gasteiger charge is 2.19. The molecule has 0 bridgehead atoms. The van der Waals surface area contributed by atoms with Crippen LogP contribution in [-0.2, 0) is 25.9 Å². The maximum absolute atomic E-state index is 13.1. The Balaban J connectivity index is 1.31. The molecule has 0 atom stereocenters. The largest absolute Gasteiger partial charge is 0.348 e. The van der Waals surface area contributed by atoms with E-state index in [1.54, 1.807) is 39.8 Å². The number of carbonyl (C=O) groups excluding carboxylic acids is 1. The number of nitrogens with one attached hydrogen (secondary N) is 1. The standard InChI is InChI=1S/C24H23N5O2/c30-23(26-15-17-9-11-25-12-10-17)19-7-5-18(6-8-19)16-28-13-14-29-22(24(28)31)20-3-1-2-4-21(20)27-29/h5-14H,1-4,15-16H2,(H,26,30). The molecule has 0 unspecified atom stereocenters. The smallest absolute Gasteiger partial charge is 0.277 e. The quantitative estimate of drug-likeness (QED) is 0.546. The fourth-order valence-corrected chi connectivity index (χ4v) is 4.12. The van der Waals surface area contributed by atoms with Gasteiger partial charge in [-0.05, 0) is 61.1 Å². The Morgan fingerprint density at radius 3 is 2.55 bits per heavy atom. The molecule has 1 aliphatic carbocycles. The van der Waals surface area contributed by atoms with Crippen LogP contribution in [0.25, 0.3) is 5.52 Å². The van der Waals surface area contributed by atoms with Gasteiger partial charge in [-0.1, -0.05) is 12.1 Å². The molecular formula is C24H23N5O2. The lowest BCUT2D eigenvalue weighted by Gasteiger charge is -2.10. The Bertz CT molecular complexity index is 1290. The van der Waals surface area contributed by atoms with Gasteiger partial charge >= 0.3 is 0 Å². The molecule has 1 amide bonds. The number of fused-ring (bicyclic) bond motifs is 3. The van der Waals surface area contributed by atoms with Gasteiger partial charge in [0.1, 0.15) is 5.52 Å². The molecule has 0 aliphatic heterocycles. The average molecular weight is 413 g/mol. The fraction of sp³-hybridized carbons (Fsp3) is 0.250. The van der Waals surface area contributed by atoms with E-state index in [0.717, 1.165) is 48.1 Å². The highest BCUT2D eigenvalue weighted by atomic mass is 16.1. The zero-order valence-corrected chi connectivity index (χ0v) is 17.1. The molecule has 156 valence electrons. The van der Waals surface area contributed by atoms with E-state index in [-0.39, 0.29) is 11.5 Å². The third-order valence-electron chi connectivity index (χ3n) is 5.80. The van der Waals surface area contributed by atoms with Gasteiger partial charge in [0.25, 0.3) is 11.5 Å². The van der Waals surface area contributed by atoms with E-state index < -0.39 is 0 Å². The summed E-state index contributed by atoms with van der Waals surface area (Å²) in [5.74, 6) is -0.132. The van der Waals surface area contributed by atoms with Crippen LogP contribution in [-0.4, -0.2) is 25.1 Å². The van der Waals surface area contributed by atoms with Gasteiger partial charge in [-0.15, -0.1) is 0 Å². The summed E-state index contributed by atoms with van der Waals surface area (Å²) >= 11 is 0. The van der Waals surface area contributed by atoms with E-state index in [1.807, 2.05) is 30.5 Å². The number of hydrogen-bond donors (Lipinski definition) is 1. The van der Waals surface area contributed by atoms with Gasteiger partial charge in [0.05, 0.1) is 12.2 Å². The van der Waals surface area contributed by atoms with Gasteiger partial charge in [0.2, 0.25) is 0 Å². The molecule has 1 N–H and O–H groups in total. The summed E-state index contributed by atoms with van der Waals surface area (Å²) in [5, 5.41) is 7.50. The molecule has 3 heterocycles. The zero-order chi connectivity index (χ0) is 21.2. The Kier molecular flexibility index (Phi) is 5.08. The molecule has 1 aromatic carbocycles. The molecular weight excluding hydrogens is 390 g/mol. The molecule has 0 saturated heterocycles. The third kappa shape index (κ3) is 3.86. The number of amides is 1. The predicted octanol–water partition coefficient (Wildman–Crippen LogP) is 2.75. The van der Waals surface area contributed by atoms with Gasteiger partial charge in [0, 0.05) is 42.5 Å². The minimum atomic E-state index is -0.132. The number of hydrogen-bond acceptors (Lipinski definition) is 4. The van der Waals surface area contributed by atoms with Crippen LogP contribution in [0.5, 0.6) is 0 Å². The number of aromatic nitrogens is 4. The summed E-state index contributed by atoms with van der Waals surface area (Å²) < 4.78 is 3.44. The van der Waals surface area contributed by atoms with Crippen LogP contribution in [0.4, 0.5) is 0 Å². The van der Waals surface area contributed by atoms with Gasteiger partial charge in [-0.3, -0.25) is 14.6 Å². The first-order valence-electron chi connectivity index (χ1n) is 10.5. The maximum Gasteiger partial charge on any atom is 0.277 e. The number of aryl methyl sites for hydroxylation is 2. The van der Waals surface area contributed by atoms with Gasteiger partial charge in [-0.2, -0.15) is 5.10 Å². The van der Waals surface area contributed by atoms with E-state index >= 15 is 0 Å². The van der Waals surface area contributed by atoms with Crippen molar-refractivity contribution in [2.75, 3.05) is 0 Å². The van der Waals surface area contributed by atoms with Crippen molar-refractivity contribution in [3.8, 4) is 0 Å². The van der Waals surface area contributed by atoms with E-state index in [2.05, 4.69) is 15.4 Å². The Morgan fingerprint density at radius 1 is 0.968 bits per heavy atom. The first-order valence-corrected chi connectivity index (χ1v) is 10.5. The number of pyridine rings is 1. The van der Waals surface area contributed by atoms with Crippen molar-refractivity contribution >= 4 is 11.4 Å².